The summed E-state index contributed by atoms with van der Waals surface area (Å²) in [6, 6.07) is 15.8. The van der Waals surface area contributed by atoms with E-state index in [2.05, 4.69) is 5.32 Å². The van der Waals surface area contributed by atoms with Crippen molar-refractivity contribution in [2.75, 3.05) is 20.6 Å². The first-order valence-electron chi connectivity index (χ1n) is 8.38. The number of hydrogen-bond donors (Lipinski definition) is 1. The van der Waals surface area contributed by atoms with Crippen LogP contribution in [0.1, 0.15) is 17.3 Å². The topological polar surface area (TPSA) is 84.9 Å². The van der Waals surface area contributed by atoms with E-state index >= 15 is 0 Å². The summed E-state index contributed by atoms with van der Waals surface area (Å²) < 4.78 is 10.6. The van der Waals surface area contributed by atoms with Gasteiger partial charge in [0.2, 0.25) is 0 Å². The Morgan fingerprint density at radius 1 is 0.963 bits per heavy atom. The van der Waals surface area contributed by atoms with Crippen molar-refractivity contribution >= 4 is 17.8 Å². The van der Waals surface area contributed by atoms with E-state index in [0.29, 0.717) is 17.1 Å². The SMILES string of the molecule is C[C@H](OC(=O)CNC(=O)c1ccc(Oc2ccccc2)cc1)C(=O)N(C)C. The number of rotatable bonds is 7. The Hall–Kier alpha value is -3.35. The fourth-order valence-corrected chi connectivity index (χ4v) is 2.21. The Morgan fingerprint density at radius 3 is 2.15 bits per heavy atom. The molecule has 0 unspecified atom stereocenters. The Kier molecular flexibility index (Phi) is 6.93. The van der Waals surface area contributed by atoms with Crippen LogP contribution in [-0.4, -0.2) is 49.4 Å². The number of ether oxygens (including phenoxy) is 2. The second-order valence-electron chi connectivity index (χ2n) is 5.99. The molecule has 27 heavy (non-hydrogen) atoms. The van der Waals surface area contributed by atoms with E-state index in [-0.39, 0.29) is 12.5 Å². The lowest BCUT2D eigenvalue weighted by atomic mass is 10.2. The van der Waals surface area contributed by atoms with Crippen LogP contribution in [0.2, 0.25) is 0 Å². The Bertz CT molecular complexity index is 788. The van der Waals surface area contributed by atoms with Crippen LogP contribution in [0.5, 0.6) is 11.5 Å². The molecule has 2 aromatic rings. The van der Waals surface area contributed by atoms with E-state index < -0.39 is 18.0 Å². The van der Waals surface area contributed by atoms with Crippen LogP contribution in [0.25, 0.3) is 0 Å². The molecule has 0 saturated heterocycles. The van der Waals surface area contributed by atoms with Crippen LogP contribution in [0.15, 0.2) is 54.6 Å². The highest BCUT2D eigenvalue weighted by Gasteiger charge is 2.19. The zero-order valence-electron chi connectivity index (χ0n) is 15.5. The van der Waals surface area contributed by atoms with Gasteiger partial charge in [-0.2, -0.15) is 0 Å². The van der Waals surface area contributed by atoms with E-state index in [4.69, 9.17) is 9.47 Å². The van der Waals surface area contributed by atoms with Crippen molar-refractivity contribution in [2.24, 2.45) is 0 Å². The zero-order chi connectivity index (χ0) is 19.8. The molecule has 2 amide bonds. The molecule has 1 N–H and O–H groups in total. The monoisotopic (exact) mass is 370 g/mol. The summed E-state index contributed by atoms with van der Waals surface area (Å²) >= 11 is 0. The molecule has 2 rings (SSSR count). The van der Waals surface area contributed by atoms with Gasteiger partial charge in [-0.1, -0.05) is 18.2 Å². The van der Waals surface area contributed by atoms with Gasteiger partial charge in [-0.05, 0) is 43.3 Å². The fraction of sp³-hybridized carbons (Fsp3) is 0.250. The maximum absolute atomic E-state index is 12.1. The van der Waals surface area contributed by atoms with Gasteiger partial charge in [0.1, 0.15) is 18.0 Å². The third kappa shape index (κ3) is 6.14. The highest BCUT2D eigenvalue weighted by Crippen LogP contribution is 2.21. The van der Waals surface area contributed by atoms with Gasteiger partial charge < -0.3 is 19.7 Å². The van der Waals surface area contributed by atoms with E-state index in [1.165, 1.54) is 11.8 Å². The van der Waals surface area contributed by atoms with E-state index in [9.17, 15) is 14.4 Å². The average Bonchev–Trinajstić information content (AvgIpc) is 2.66. The molecule has 0 aliphatic carbocycles. The largest absolute Gasteiger partial charge is 0.457 e. The number of carbonyl (C=O) groups excluding carboxylic acids is 3. The summed E-state index contributed by atoms with van der Waals surface area (Å²) in [5.74, 6) is -0.157. The Labute approximate surface area is 157 Å². The highest BCUT2D eigenvalue weighted by atomic mass is 16.5. The zero-order valence-corrected chi connectivity index (χ0v) is 15.5. The third-order valence-electron chi connectivity index (χ3n) is 3.59. The van der Waals surface area contributed by atoms with Crippen molar-refractivity contribution in [2.45, 2.75) is 13.0 Å². The first kappa shape index (κ1) is 20.0. The third-order valence-corrected chi connectivity index (χ3v) is 3.59. The lowest BCUT2D eigenvalue weighted by Gasteiger charge is -2.17. The minimum absolute atomic E-state index is 0.327. The first-order chi connectivity index (χ1) is 12.9. The van der Waals surface area contributed by atoms with Crippen molar-refractivity contribution in [3.63, 3.8) is 0 Å². The maximum atomic E-state index is 12.1. The standard InChI is InChI=1S/C20H22N2O5/c1-14(20(25)22(2)3)26-18(23)13-21-19(24)15-9-11-17(12-10-15)27-16-7-5-4-6-8-16/h4-12,14H,13H2,1-3H3,(H,21,24)/t14-/m0/s1. The number of likely N-dealkylation sites (N-methyl/N-ethyl adjacent to an activating group) is 1. The second-order valence-corrected chi connectivity index (χ2v) is 5.99. The summed E-state index contributed by atoms with van der Waals surface area (Å²) in [5.41, 5.74) is 0.376. The summed E-state index contributed by atoms with van der Waals surface area (Å²) in [7, 11) is 3.14. The molecule has 0 saturated carbocycles. The summed E-state index contributed by atoms with van der Waals surface area (Å²) in [5, 5.41) is 2.46. The Balaban J connectivity index is 1.83. The molecule has 2 aromatic carbocycles. The molecular weight excluding hydrogens is 348 g/mol. The average molecular weight is 370 g/mol. The molecular formula is C20H22N2O5. The van der Waals surface area contributed by atoms with E-state index in [0.717, 1.165) is 0 Å². The highest BCUT2D eigenvalue weighted by molar-refractivity contribution is 5.96. The van der Waals surface area contributed by atoms with Crippen molar-refractivity contribution in [1.29, 1.82) is 0 Å². The van der Waals surface area contributed by atoms with Crippen molar-refractivity contribution in [3.8, 4) is 11.5 Å². The molecule has 142 valence electrons. The van der Waals surface area contributed by atoms with Crippen LogP contribution in [0.4, 0.5) is 0 Å². The van der Waals surface area contributed by atoms with Gasteiger partial charge in [0.05, 0.1) is 0 Å². The number of hydrogen-bond acceptors (Lipinski definition) is 5. The van der Waals surface area contributed by atoms with E-state index in [1.54, 1.807) is 38.4 Å². The minimum Gasteiger partial charge on any atom is -0.457 e. The van der Waals surface area contributed by atoms with Gasteiger partial charge in [-0.15, -0.1) is 0 Å². The number of amides is 2. The lowest BCUT2D eigenvalue weighted by molar-refractivity contribution is -0.157. The summed E-state index contributed by atoms with van der Waals surface area (Å²) in [4.78, 5) is 36.8. The van der Waals surface area contributed by atoms with Gasteiger partial charge >= 0.3 is 5.97 Å². The molecule has 0 aliphatic heterocycles. The normalized spacial score (nSPS) is 11.2. The van der Waals surface area contributed by atoms with Crippen LogP contribution >= 0.6 is 0 Å². The van der Waals surface area contributed by atoms with Crippen LogP contribution < -0.4 is 10.1 Å². The van der Waals surface area contributed by atoms with Gasteiger partial charge in [-0.25, -0.2) is 0 Å². The molecule has 7 heteroatoms. The molecule has 1 atom stereocenters. The van der Waals surface area contributed by atoms with Crippen LogP contribution in [0, 0.1) is 0 Å². The smallest absolute Gasteiger partial charge is 0.326 e. The molecule has 0 heterocycles. The molecule has 0 spiro atoms. The first-order valence-corrected chi connectivity index (χ1v) is 8.38. The number of para-hydroxylation sites is 1. The molecule has 0 bridgehead atoms. The lowest BCUT2D eigenvalue weighted by Crippen LogP contribution is -2.38. The second kappa shape index (κ2) is 9.38. The van der Waals surface area contributed by atoms with Gasteiger partial charge in [0.15, 0.2) is 6.10 Å². The fourth-order valence-electron chi connectivity index (χ4n) is 2.21. The Morgan fingerprint density at radius 2 is 1.56 bits per heavy atom. The van der Waals surface area contributed by atoms with Crippen LogP contribution in [0.3, 0.4) is 0 Å². The summed E-state index contributed by atoms with van der Waals surface area (Å²) in [6.07, 6.45) is -0.904. The van der Waals surface area contributed by atoms with Gasteiger partial charge in [0.25, 0.3) is 11.8 Å². The van der Waals surface area contributed by atoms with Crippen LogP contribution in [-0.2, 0) is 14.3 Å². The number of nitrogens with zero attached hydrogens (tertiary/aromatic N) is 1. The van der Waals surface area contributed by atoms with E-state index in [1.807, 2.05) is 30.3 Å². The van der Waals surface area contributed by atoms with Gasteiger partial charge in [0, 0.05) is 19.7 Å². The van der Waals surface area contributed by atoms with Crippen molar-refractivity contribution < 1.29 is 23.9 Å². The quantitative estimate of drug-likeness (QED) is 0.756. The molecule has 7 nitrogen and oxygen atoms in total. The minimum atomic E-state index is -0.904. The molecule has 0 aliphatic rings. The predicted molar refractivity (Wildman–Crippen MR) is 99.5 cm³/mol. The molecule has 0 fully saturated rings. The molecule has 0 radical (unpaired) electrons. The molecule has 0 aromatic heterocycles. The number of carbonyl (C=O) groups is 3. The predicted octanol–water partition coefficient (Wildman–Crippen LogP) is 2.23. The summed E-state index contributed by atoms with van der Waals surface area (Å²) in [6.45, 7) is 1.15. The van der Waals surface area contributed by atoms with Gasteiger partial charge in [-0.3, -0.25) is 14.4 Å². The van der Waals surface area contributed by atoms with Crippen molar-refractivity contribution in [1.82, 2.24) is 10.2 Å². The number of nitrogens with one attached hydrogen (secondary N) is 1. The maximum Gasteiger partial charge on any atom is 0.326 e. The number of esters is 1. The van der Waals surface area contributed by atoms with Crippen molar-refractivity contribution in [3.05, 3.63) is 60.2 Å². The number of benzene rings is 2.